The SMILES string of the molecule is Cc1cc(/C(N)=N/O)cc(OCc2cccs2)n1. The minimum absolute atomic E-state index is 0.0430. The normalized spacial score (nSPS) is 11.5. The summed E-state index contributed by atoms with van der Waals surface area (Å²) in [5.74, 6) is 0.506. The summed E-state index contributed by atoms with van der Waals surface area (Å²) in [5, 5.41) is 13.6. The minimum atomic E-state index is 0.0430. The average molecular weight is 263 g/mol. The summed E-state index contributed by atoms with van der Waals surface area (Å²) in [5.41, 5.74) is 6.88. The third-order valence-corrected chi connectivity index (χ3v) is 3.13. The quantitative estimate of drug-likeness (QED) is 0.383. The number of pyridine rings is 1. The first-order chi connectivity index (χ1) is 8.69. The number of aromatic nitrogens is 1. The zero-order chi connectivity index (χ0) is 13.0. The van der Waals surface area contributed by atoms with Gasteiger partial charge in [-0.2, -0.15) is 0 Å². The smallest absolute Gasteiger partial charge is 0.214 e. The van der Waals surface area contributed by atoms with Gasteiger partial charge >= 0.3 is 0 Å². The third-order valence-electron chi connectivity index (χ3n) is 2.28. The molecule has 6 heteroatoms. The van der Waals surface area contributed by atoms with Crippen LogP contribution in [0.5, 0.6) is 5.88 Å². The van der Waals surface area contributed by atoms with Crippen molar-refractivity contribution in [2.75, 3.05) is 0 Å². The molecule has 0 radical (unpaired) electrons. The van der Waals surface area contributed by atoms with Crippen LogP contribution in [0.2, 0.25) is 0 Å². The van der Waals surface area contributed by atoms with E-state index in [9.17, 15) is 0 Å². The standard InChI is InChI=1S/C12H13N3O2S/c1-8-5-9(12(13)15-16)6-11(14-8)17-7-10-3-2-4-18-10/h2-6,16H,7H2,1H3,(H2,13,15). The Balaban J connectivity index is 2.15. The molecule has 94 valence electrons. The number of ether oxygens (including phenoxy) is 1. The van der Waals surface area contributed by atoms with Crippen LogP contribution in [0.1, 0.15) is 16.1 Å². The summed E-state index contributed by atoms with van der Waals surface area (Å²) < 4.78 is 5.57. The highest BCUT2D eigenvalue weighted by molar-refractivity contribution is 7.09. The lowest BCUT2D eigenvalue weighted by Gasteiger charge is -2.07. The summed E-state index contributed by atoms with van der Waals surface area (Å²) >= 11 is 1.62. The van der Waals surface area contributed by atoms with Gasteiger partial charge in [-0.05, 0) is 24.4 Å². The van der Waals surface area contributed by atoms with Crippen LogP contribution in [0.4, 0.5) is 0 Å². The molecule has 0 atom stereocenters. The van der Waals surface area contributed by atoms with Crippen LogP contribution >= 0.6 is 11.3 Å². The Kier molecular flexibility index (Phi) is 3.78. The maximum Gasteiger partial charge on any atom is 0.214 e. The monoisotopic (exact) mass is 263 g/mol. The molecule has 0 aliphatic rings. The summed E-state index contributed by atoms with van der Waals surface area (Å²) in [7, 11) is 0. The van der Waals surface area contributed by atoms with Crippen LogP contribution in [0.25, 0.3) is 0 Å². The van der Waals surface area contributed by atoms with Crippen molar-refractivity contribution in [3.05, 3.63) is 45.8 Å². The fourth-order valence-corrected chi connectivity index (χ4v) is 2.07. The molecule has 3 N–H and O–H groups in total. The number of thiophene rings is 1. The molecule has 0 aromatic carbocycles. The first kappa shape index (κ1) is 12.4. The average Bonchev–Trinajstić information content (AvgIpc) is 2.88. The molecule has 0 saturated carbocycles. The molecule has 0 fully saturated rings. The highest BCUT2D eigenvalue weighted by atomic mass is 32.1. The van der Waals surface area contributed by atoms with E-state index in [1.807, 2.05) is 24.4 Å². The molecule has 0 aliphatic carbocycles. The van der Waals surface area contributed by atoms with Crippen LogP contribution < -0.4 is 10.5 Å². The van der Waals surface area contributed by atoms with Gasteiger partial charge in [0.15, 0.2) is 5.84 Å². The number of nitrogens with zero attached hydrogens (tertiary/aromatic N) is 2. The Morgan fingerprint density at radius 2 is 2.39 bits per heavy atom. The van der Waals surface area contributed by atoms with Crippen LogP contribution in [0.3, 0.4) is 0 Å². The van der Waals surface area contributed by atoms with Crippen molar-refractivity contribution in [1.82, 2.24) is 4.98 Å². The van der Waals surface area contributed by atoms with Crippen LogP contribution in [0, 0.1) is 6.92 Å². The lowest BCUT2D eigenvalue weighted by molar-refractivity contribution is 0.296. The second-order valence-electron chi connectivity index (χ2n) is 3.69. The first-order valence-corrected chi connectivity index (χ1v) is 6.19. The van der Waals surface area contributed by atoms with Crippen molar-refractivity contribution in [1.29, 1.82) is 0 Å². The Hall–Kier alpha value is -2.08. The second-order valence-corrected chi connectivity index (χ2v) is 4.72. The van der Waals surface area contributed by atoms with Crippen molar-refractivity contribution >= 4 is 17.2 Å². The number of oxime groups is 1. The largest absolute Gasteiger partial charge is 0.472 e. The fourth-order valence-electron chi connectivity index (χ4n) is 1.46. The molecule has 2 aromatic rings. The van der Waals surface area contributed by atoms with Gasteiger partial charge in [0.05, 0.1) is 0 Å². The van der Waals surface area contributed by atoms with Crippen LogP contribution in [-0.2, 0) is 6.61 Å². The number of amidine groups is 1. The Morgan fingerprint density at radius 1 is 1.56 bits per heavy atom. The van der Waals surface area contributed by atoms with Gasteiger partial charge in [-0.25, -0.2) is 4.98 Å². The van der Waals surface area contributed by atoms with E-state index in [1.165, 1.54) is 0 Å². The Morgan fingerprint density at radius 3 is 3.06 bits per heavy atom. The molecule has 0 amide bonds. The Bertz CT molecular complexity index is 552. The van der Waals surface area contributed by atoms with Gasteiger partial charge in [-0.15, -0.1) is 11.3 Å². The molecule has 0 unspecified atom stereocenters. The number of aryl methyl sites for hydroxylation is 1. The van der Waals surface area contributed by atoms with Crippen molar-refractivity contribution in [2.24, 2.45) is 10.9 Å². The van der Waals surface area contributed by atoms with Gasteiger partial charge in [0.2, 0.25) is 5.88 Å². The van der Waals surface area contributed by atoms with E-state index >= 15 is 0 Å². The summed E-state index contributed by atoms with van der Waals surface area (Å²) in [6, 6.07) is 7.34. The van der Waals surface area contributed by atoms with Gasteiger partial charge in [0.1, 0.15) is 6.61 Å². The number of hydrogen-bond donors (Lipinski definition) is 2. The molecule has 0 saturated heterocycles. The molecule has 0 spiro atoms. The predicted octanol–water partition coefficient (Wildman–Crippen LogP) is 2.13. The molecule has 2 heterocycles. The van der Waals surface area contributed by atoms with E-state index in [2.05, 4.69) is 10.1 Å². The lowest BCUT2D eigenvalue weighted by Crippen LogP contribution is -2.14. The molecular formula is C12H13N3O2S. The van der Waals surface area contributed by atoms with Crippen molar-refractivity contribution in [3.8, 4) is 5.88 Å². The van der Waals surface area contributed by atoms with Crippen LogP contribution in [0.15, 0.2) is 34.8 Å². The second kappa shape index (κ2) is 5.50. The zero-order valence-corrected chi connectivity index (χ0v) is 10.6. The van der Waals surface area contributed by atoms with E-state index < -0.39 is 0 Å². The predicted molar refractivity (Wildman–Crippen MR) is 70.1 cm³/mol. The van der Waals surface area contributed by atoms with Gasteiger partial charge in [0.25, 0.3) is 0 Å². The minimum Gasteiger partial charge on any atom is -0.472 e. The lowest BCUT2D eigenvalue weighted by atomic mass is 10.2. The van der Waals surface area contributed by atoms with Gasteiger partial charge in [-0.3, -0.25) is 0 Å². The van der Waals surface area contributed by atoms with Gasteiger partial charge in [-0.1, -0.05) is 11.2 Å². The summed E-state index contributed by atoms with van der Waals surface area (Å²) in [4.78, 5) is 5.35. The number of hydrogen-bond acceptors (Lipinski definition) is 5. The maximum atomic E-state index is 8.65. The molecule has 0 aliphatic heterocycles. The molecule has 5 nitrogen and oxygen atoms in total. The van der Waals surface area contributed by atoms with Gasteiger partial charge in [0, 0.05) is 22.2 Å². The number of nitrogens with two attached hydrogens (primary N) is 1. The summed E-state index contributed by atoms with van der Waals surface area (Å²) in [6.07, 6.45) is 0. The Labute approximate surface area is 109 Å². The topological polar surface area (TPSA) is 80.7 Å². The highest BCUT2D eigenvalue weighted by Gasteiger charge is 2.05. The maximum absolute atomic E-state index is 8.65. The molecule has 0 bridgehead atoms. The van der Waals surface area contributed by atoms with Crippen molar-refractivity contribution in [3.63, 3.8) is 0 Å². The molecule has 2 aromatic heterocycles. The van der Waals surface area contributed by atoms with E-state index in [-0.39, 0.29) is 5.84 Å². The third kappa shape index (κ3) is 2.98. The van der Waals surface area contributed by atoms with E-state index in [4.69, 9.17) is 15.7 Å². The van der Waals surface area contributed by atoms with E-state index in [0.717, 1.165) is 10.6 Å². The van der Waals surface area contributed by atoms with Gasteiger partial charge < -0.3 is 15.7 Å². The highest BCUT2D eigenvalue weighted by Crippen LogP contribution is 2.16. The van der Waals surface area contributed by atoms with E-state index in [0.29, 0.717) is 18.1 Å². The van der Waals surface area contributed by atoms with Crippen molar-refractivity contribution < 1.29 is 9.94 Å². The van der Waals surface area contributed by atoms with E-state index in [1.54, 1.807) is 23.5 Å². The first-order valence-electron chi connectivity index (χ1n) is 5.31. The fraction of sp³-hybridized carbons (Fsp3) is 0.167. The van der Waals surface area contributed by atoms with Crippen LogP contribution in [-0.4, -0.2) is 16.0 Å². The zero-order valence-electron chi connectivity index (χ0n) is 9.83. The summed E-state index contributed by atoms with van der Waals surface area (Å²) in [6.45, 7) is 2.29. The molecule has 18 heavy (non-hydrogen) atoms. The molecular weight excluding hydrogens is 250 g/mol. The van der Waals surface area contributed by atoms with Crippen molar-refractivity contribution in [2.45, 2.75) is 13.5 Å². The molecule has 2 rings (SSSR count). The number of rotatable bonds is 4.